The number of morpholine rings is 1. The van der Waals surface area contributed by atoms with Crippen LogP contribution in [0.2, 0.25) is 0 Å². The van der Waals surface area contributed by atoms with E-state index >= 15 is 0 Å². The number of urea groups is 1. The molecule has 1 aromatic rings. The Hall–Kier alpha value is -1.77. The first kappa shape index (κ1) is 15.6. The molecule has 1 aromatic heterocycles. The molecule has 1 fully saturated rings. The fourth-order valence-corrected chi connectivity index (χ4v) is 2.10. The van der Waals surface area contributed by atoms with Crippen molar-refractivity contribution >= 4 is 11.8 Å². The number of rotatable bonds is 2. The monoisotopic (exact) mass is 306 g/mol. The van der Waals surface area contributed by atoms with E-state index in [4.69, 9.17) is 4.74 Å². The molecule has 1 aliphatic heterocycles. The first-order chi connectivity index (χ1) is 9.76. The molecule has 21 heavy (non-hydrogen) atoms. The van der Waals surface area contributed by atoms with Crippen molar-refractivity contribution in [1.82, 2.24) is 14.7 Å². The van der Waals surface area contributed by atoms with Gasteiger partial charge in [-0.3, -0.25) is 10.00 Å². The van der Waals surface area contributed by atoms with Gasteiger partial charge < -0.3 is 9.64 Å². The molecule has 0 aliphatic carbocycles. The van der Waals surface area contributed by atoms with Crippen molar-refractivity contribution in [3.63, 3.8) is 0 Å². The average Bonchev–Trinajstić information content (AvgIpc) is 2.77. The number of amides is 2. The van der Waals surface area contributed by atoms with E-state index in [0.717, 1.165) is 4.68 Å². The predicted octanol–water partition coefficient (Wildman–Crippen LogP) is 2.09. The third-order valence-corrected chi connectivity index (χ3v) is 3.36. The number of anilines is 1. The van der Waals surface area contributed by atoms with Crippen LogP contribution in [0, 0.1) is 0 Å². The lowest BCUT2D eigenvalue weighted by molar-refractivity contribution is -0.142. The minimum absolute atomic E-state index is 0.0905. The molecular formula is C12H17F3N4O2. The fourth-order valence-electron chi connectivity index (χ4n) is 2.10. The lowest BCUT2D eigenvalue weighted by atomic mass is 10.1. The Morgan fingerprint density at radius 1 is 1.52 bits per heavy atom. The van der Waals surface area contributed by atoms with Gasteiger partial charge in [-0.15, -0.1) is 0 Å². The van der Waals surface area contributed by atoms with Crippen LogP contribution in [0.15, 0.2) is 12.3 Å². The molecule has 2 rings (SSSR count). The second-order valence-electron chi connectivity index (χ2n) is 4.95. The summed E-state index contributed by atoms with van der Waals surface area (Å²) in [5, 5.41) is 6.18. The van der Waals surface area contributed by atoms with Crippen molar-refractivity contribution < 1.29 is 22.7 Å². The summed E-state index contributed by atoms with van der Waals surface area (Å²) >= 11 is 0. The number of ether oxygens (including phenoxy) is 1. The molecule has 1 aliphatic rings. The maximum atomic E-state index is 12.2. The molecule has 9 heteroatoms. The van der Waals surface area contributed by atoms with Crippen molar-refractivity contribution in [3.05, 3.63) is 12.3 Å². The zero-order valence-corrected chi connectivity index (χ0v) is 11.7. The van der Waals surface area contributed by atoms with Crippen molar-refractivity contribution in [3.8, 4) is 0 Å². The molecule has 0 aromatic carbocycles. The second-order valence-corrected chi connectivity index (χ2v) is 4.95. The predicted molar refractivity (Wildman–Crippen MR) is 68.9 cm³/mol. The van der Waals surface area contributed by atoms with E-state index in [1.54, 1.807) is 4.90 Å². The Kier molecular flexibility index (Phi) is 4.40. The summed E-state index contributed by atoms with van der Waals surface area (Å²) in [6, 6.07) is 0.823. The molecule has 118 valence electrons. The van der Waals surface area contributed by atoms with E-state index in [0.29, 0.717) is 13.2 Å². The second kappa shape index (κ2) is 5.92. The van der Waals surface area contributed by atoms with Crippen molar-refractivity contribution in [1.29, 1.82) is 0 Å². The zero-order valence-electron chi connectivity index (χ0n) is 11.7. The Bertz CT molecular complexity index is 503. The molecule has 2 amide bonds. The van der Waals surface area contributed by atoms with Gasteiger partial charge in [-0.2, -0.15) is 18.3 Å². The van der Waals surface area contributed by atoms with Gasteiger partial charge in [-0.25, -0.2) is 4.79 Å². The van der Waals surface area contributed by atoms with E-state index in [1.165, 1.54) is 12.3 Å². The van der Waals surface area contributed by atoms with Crippen molar-refractivity contribution in [2.24, 2.45) is 0 Å². The fraction of sp³-hybridized carbons (Fsp3) is 0.667. The van der Waals surface area contributed by atoms with E-state index in [-0.39, 0.29) is 18.0 Å². The third kappa shape index (κ3) is 4.10. The smallest absolute Gasteiger partial charge is 0.375 e. The standard InChI is InChI=1S/C12H17F3N4O2/c1-8-9(2)21-6-5-19(8)11(20)16-10-3-4-18(17-10)7-12(13,14)15/h3-4,8-9H,5-7H2,1-2H3,(H,16,17,20). The summed E-state index contributed by atoms with van der Waals surface area (Å²) in [5.74, 6) is 0.0931. The minimum atomic E-state index is -4.35. The highest BCUT2D eigenvalue weighted by Crippen LogP contribution is 2.18. The number of carbonyl (C=O) groups is 1. The quantitative estimate of drug-likeness (QED) is 0.910. The summed E-state index contributed by atoms with van der Waals surface area (Å²) < 4.78 is 42.8. The number of hydrogen-bond donors (Lipinski definition) is 1. The van der Waals surface area contributed by atoms with Gasteiger partial charge >= 0.3 is 12.2 Å². The SMILES string of the molecule is CC1OCCN(C(=O)Nc2ccn(CC(F)(F)F)n2)C1C. The molecule has 0 spiro atoms. The summed E-state index contributed by atoms with van der Waals surface area (Å²) in [5.41, 5.74) is 0. The molecule has 2 atom stereocenters. The van der Waals surface area contributed by atoms with Gasteiger partial charge in [0.15, 0.2) is 5.82 Å². The number of nitrogens with zero attached hydrogens (tertiary/aromatic N) is 3. The van der Waals surface area contributed by atoms with Crippen LogP contribution >= 0.6 is 0 Å². The van der Waals surface area contributed by atoms with Gasteiger partial charge in [-0.1, -0.05) is 0 Å². The van der Waals surface area contributed by atoms with E-state index in [9.17, 15) is 18.0 Å². The molecule has 0 radical (unpaired) electrons. The largest absolute Gasteiger partial charge is 0.408 e. The zero-order chi connectivity index (χ0) is 15.6. The third-order valence-electron chi connectivity index (χ3n) is 3.36. The molecule has 1 N–H and O–H groups in total. The molecule has 0 bridgehead atoms. The minimum Gasteiger partial charge on any atom is -0.375 e. The number of alkyl halides is 3. The summed E-state index contributed by atoms with van der Waals surface area (Å²) in [6.07, 6.45) is -3.26. The maximum Gasteiger partial charge on any atom is 0.408 e. The van der Waals surface area contributed by atoms with Crippen LogP contribution in [0.5, 0.6) is 0 Å². The summed E-state index contributed by atoms with van der Waals surface area (Å²) in [7, 11) is 0. The van der Waals surface area contributed by atoms with Gasteiger partial charge in [0.2, 0.25) is 0 Å². The molecule has 1 saturated heterocycles. The van der Waals surface area contributed by atoms with Gasteiger partial charge in [-0.05, 0) is 13.8 Å². The highest BCUT2D eigenvalue weighted by atomic mass is 19.4. The maximum absolute atomic E-state index is 12.2. The Balaban J connectivity index is 1.96. The lowest BCUT2D eigenvalue weighted by Crippen LogP contribution is -2.52. The van der Waals surface area contributed by atoms with Crippen LogP contribution in [-0.2, 0) is 11.3 Å². The molecule has 2 unspecified atom stereocenters. The van der Waals surface area contributed by atoms with Crippen LogP contribution in [-0.4, -0.2) is 52.2 Å². The van der Waals surface area contributed by atoms with Crippen LogP contribution in [0.25, 0.3) is 0 Å². The highest BCUT2D eigenvalue weighted by molar-refractivity contribution is 5.88. The molecule has 6 nitrogen and oxygen atoms in total. The van der Waals surface area contributed by atoms with E-state index < -0.39 is 18.8 Å². The van der Waals surface area contributed by atoms with Crippen LogP contribution in [0.4, 0.5) is 23.8 Å². The van der Waals surface area contributed by atoms with Gasteiger partial charge in [0, 0.05) is 18.8 Å². The number of aromatic nitrogens is 2. The van der Waals surface area contributed by atoms with Crippen LogP contribution < -0.4 is 5.32 Å². The average molecular weight is 306 g/mol. The number of carbonyl (C=O) groups excluding carboxylic acids is 1. The van der Waals surface area contributed by atoms with Crippen LogP contribution in [0.3, 0.4) is 0 Å². The van der Waals surface area contributed by atoms with E-state index in [1.807, 2.05) is 13.8 Å². The Labute approximate surface area is 119 Å². The number of nitrogens with one attached hydrogen (secondary N) is 1. The molecule has 0 saturated carbocycles. The molecule has 2 heterocycles. The van der Waals surface area contributed by atoms with Crippen molar-refractivity contribution in [2.45, 2.75) is 38.7 Å². The first-order valence-electron chi connectivity index (χ1n) is 6.56. The van der Waals surface area contributed by atoms with Gasteiger partial charge in [0.25, 0.3) is 0 Å². The Morgan fingerprint density at radius 2 is 2.24 bits per heavy atom. The number of hydrogen-bond acceptors (Lipinski definition) is 3. The lowest BCUT2D eigenvalue weighted by Gasteiger charge is -2.37. The van der Waals surface area contributed by atoms with Gasteiger partial charge in [0.05, 0.1) is 18.8 Å². The summed E-state index contributed by atoms with van der Waals surface area (Å²) in [4.78, 5) is 13.7. The molecular weight excluding hydrogens is 289 g/mol. The van der Waals surface area contributed by atoms with Gasteiger partial charge in [0.1, 0.15) is 6.54 Å². The number of halogens is 3. The first-order valence-corrected chi connectivity index (χ1v) is 6.56. The highest BCUT2D eigenvalue weighted by Gasteiger charge is 2.30. The van der Waals surface area contributed by atoms with E-state index in [2.05, 4.69) is 10.4 Å². The van der Waals surface area contributed by atoms with Crippen molar-refractivity contribution in [2.75, 3.05) is 18.5 Å². The normalized spacial score (nSPS) is 23.2. The van der Waals surface area contributed by atoms with Crippen LogP contribution in [0.1, 0.15) is 13.8 Å². The topological polar surface area (TPSA) is 59.4 Å². The Morgan fingerprint density at radius 3 is 2.90 bits per heavy atom. The summed E-state index contributed by atoms with van der Waals surface area (Å²) in [6.45, 7) is 3.39.